The molecule has 45 heavy (non-hydrogen) atoms. The van der Waals surface area contributed by atoms with Crippen molar-refractivity contribution in [1.82, 2.24) is 0 Å². The van der Waals surface area contributed by atoms with Gasteiger partial charge in [0.2, 0.25) is 17.1 Å². The summed E-state index contributed by atoms with van der Waals surface area (Å²) in [6.07, 6.45) is 3.98. The third-order valence-electron chi connectivity index (χ3n) is 9.87. The molecule has 0 aliphatic carbocycles. The fourth-order valence-corrected chi connectivity index (χ4v) is 7.69. The molecular formula is C42H37N3+2. The second-order valence-electron chi connectivity index (χ2n) is 12.0. The molecule has 0 bridgehead atoms. The first-order chi connectivity index (χ1) is 22.1. The van der Waals surface area contributed by atoms with Crippen molar-refractivity contribution in [1.29, 1.82) is 5.26 Å². The van der Waals surface area contributed by atoms with Crippen molar-refractivity contribution in [3.63, 3.8) is 0 Å². The molecule has 2 aromatic heterocycles. The topological polar surface area (TPSA) is 31.5 Å². The first-order valence-electron chi connectivity index (χ1n) is 15.9. The summed E-state index contributed by atoms with van der Waals surface area (Å²) in [5, 5.41) is 10.2. The minimum atomic E-state index is -0.292. The SMILES string of the molecule is CCC1(CC)C(c2ccc(-c3ccccc3)cc2-c2cccc[n+]2C)c2ccccc2-c2cccc(-c3ccccc3C#N)[n+]21. The van der Waals surface area contributed by atoms with Gasteiger partial charge < -0.3 is 0 Å². The second kappa shape index (κ2) is 11.6. The summed E-state index contributed by atoms with van der Waals surface area (Å²) < 4.78 is 4.81. The van der Waals surface area contributed by atoms with Gasteiger partial charge in [-0.3, -0.25) is 0 Å². The Morgan fingerprint density at radius 1 is 0.600 bits per heavy atom. The van der Waals surface area contributed by atoms with E-state index in [1.165, 1.54) is 44.8 Å². The number of nitrogens with zero attached hydrogens (tertiary/aromatic N) is 3. The highest BCUT2D eigenvalue weighted by molar-refractivity contribution is 5.76. The van der Waals surface area contributed by atoms with Crippen LogP contribution in [-0.2, 0) is 12.6 Å². The van der Waals surface area contributed by atoms with Crippen LogP contribution in [0.5, 0.6) is 0 Å². The molecular weight excluding hydrogens is 546 g/mol. The number of aryl methyl sites for hydroxylation is 1. The van der Waals surface area contributed by atoms with Gasteiger partial charge >= 0.3 is 0 Å². The quantitative estimate of drug-likeness (QED) is 0.180. The maximum atomic E-state index is 10.2. The molecule has 1 unspecified atom stereocenters. The van der Waals surface area contributed by atoms with Crippen molar-refractivity contribution in [2.75, 3.05) is 0 Å². The standard InChI is InChI=1S/C42H37N3/c1-4-42(5-2)41(36-26-25-31(30-16-7-6-8-17-30)28-37(36)38-22-13-14-27-44(38)3)35-21-12-11-20-34(35)40-24-15-23-39(45(40)42)33-19-10-9-18-32(33)29-43/h6-28,41H,4-5H2,1-3H3/q+2. The van der Waals surface area contributed by atoms with Gasteiger partial charge in [-0.25, -0.2) is 4.57 Å². The maximum Gasteiger partial charge on any atom is 0.214 e. The van der Waals surface area contributed by atoms with Crippen LogP contribution in [0.25, 0.3) is 44.9 Å². The van der Waals surface area contributed by atoms with Gasteiger partial charge in [0.25, 0.3) is 0 Å². The lowest BCUT2D eigenvalue weighted by Gasteiger charge is -2.42. The predicted molar refractivity (Wildman–Crippen MR) is 181 cm³/mol. The average molecular weight is 584 g/mol. The van der Waals surface area contributed by atoms with Gasteiger partial charge in [0, 0.05) is 37.1 Å². The number of aromatic nitrogens is 2. The minimum absolute atomic E-state index is 0.0663. The van der Waals surface area contributed by atoms with E-state index in [1.807, 2.05) is 18.2 Å². The van der Waals surface area contributed by atoms with Crippen LogP contribution < -0.4 is 9.13 Å². The average Bonchev–Trinajstić information content (AvgIpc) is 3.11. The molecule has 0 amide bonds. The molecule has 3 heterocycles. The summed E-state index contributed by atoms with van der Waals surface area (Å²) in [5.74, 6) is 0.0663. The summed E-state index contributed by atoms with van der Waals surface area (Å²) in [7, 11) is 2.14. The Balaban J connectivity index is 1.58. The van der Waals surface area contributed by atoms with E-state index in [0.717, 1.165) is 24.1 Å². The molecule has 0 spiro atoms. The summed E-state index contributed by atoms with van der Waals surface area (Å²) in [6.45, 7) is 4.66. The smallest absolute Gasteiger partial charge is 0.201 e. The monoisotopic (exact) mass is 583 g/mol. The van der Waals surface area contributed by atoms with Crippen LogP contribution in [0.4, 0.5) is 0 Å². The Bertz CT molecular complexity index is 2060. The Morgan fingerprint density at radius 3 is 1.96 bits per heavy atom. The lowest BCUT2D eigenvalue weighted by molar-refractivity contribution is -0.751. The van der Waals surface area contributed by atoms with Crippen molar-refractivity contribution in [2.45, 2.75) is 38.1 Å². The number of rotatable bonds is 6. The fraction of sp³-hybridized carbons (Fsp3) is 0.167. The van der Waals surface area contributed by atoms with E-state index >= 15 is 0 Å². The Morgan fingerprint density at radius 2 is 1.22 bits per heavy atom. The van der Waals surface area contributed by atoms with E-state index in [9.17, 15) is 5.26 Å². The zero-order valence-electron chi connectivity index (χ0n) is 26.1. The predicted octanol–water partition coefficient (Wildman–Crippen LogP) is 9.00. The molecule has 1 aliphatic heterocycles. The molecule has 0 saturated carbocycles. The van der Waals surface area contributed by atoms with E-state index < -0.39 is 0 Å². The summed E-state index contributed by atoms with van der Waals surface area (Å²) in [5.41, 5.74) is 12.4. The van der Waals surface area contributed by atoms with E-state index in [-0.39, 0.29) is 11.5 Å². The zero-order chi connectivity index (χ0) is 31.0. The number of benzene rings is 4. The van der Waals surface area contributed by atoms with Gasteiger partial charge in [-0.1, -0.05) is 86.6 Å². The number of hydrogen-bond acceptors (Lipinski definition) is 1. The molecule has 218 valence electrons. The lowest BCUT2D eigenvalue weighted by atomic mass is 9.66. The summed E-state index contributed by atoms with van der Waals surface area (Å²) in [4.78, 5) is 0. The van der Waals surface area contributed by atoms with Gasteiger partial charge in [-0.05, 0) is 58.7 Å². The van der Waals surface area contributed by atoms with Gasteiger partial charge in [-0.2, -0.15) is 9.83 Å². The number of pyridine rings is 2. The molecule has 0 fully saturated rings. The molecule has 7 rings (SSSR count). The first-order valence-corrected chi connectivity index (χ1v) is 15.9. The van der Waals surface area contributed by atoms with E-state index in [0.29, 0.717) is 5.56 Å². The van der Waals surface area contributed by atoms with Gasteiger partial charge in [0.1, 0.15) is 13.1 Å². The van der Waals surface area contributed by atoms with Crippen LogP contribution in [0.3, 0.4) is 0 Å². The number of fused-ring (bicyclic) bond motifs is 3. The van der Waals surface area contributed by atoms with Crippen LogP contribution in [0, 0.1) is 11.3 Å². The maximum absolute atomic E-state index is 10.2. The number of nitriles is 1. The van der Waals surface area contributed by atoms with E-state index in [4.69, 9.17) is 0 Å². The number of hydrogen-bond donors (Lipinski definition) is 0. The largest absolute Gasteiger partial charge is 0.214 e. The third-order valence-corrected chi connectivity index (χ3v) is 9.87. The molecule has 6 aromatic rings. The molecule has 0 saturated heterocycles. The van der Waals surface area contributed by atoms with Crippen molar-refractivity contribution in [2.24, 2.45) is 7.05 Å². The Hall–Kier alpha value is -5.33. The highest BCUT2D eigenvalue weighted by Crippen LogP contribution is 2.51. The van der Waals surface area contributed by atoms with Crippen LogP contribution in [-0.4, -0.2) is 0 Å². The summed E-state index contributed by atoms with van der Waals surface area (Å²) in [6, 6.07) is 50.2. The van der Waals surface area contributed by atoms with Crippen LogP contribution in [0.2, 0.25) is 0 Å². The van der Waals surface area contributed by atoms with Gasteiger partial charge in [0.15, 0.2) is 11.7 Å². The van der Waals surface area contributed by atoms with Crippen molar-refractivity contribution in [3.05, 3.63) is 156 Å². The third kappa shape index (κ3) is 4.57. The Kier molecular flexibility index (Phi) is 7.35. The lowest BCUT2D eigenvalue weighted by Crippen LogP contribution is -2.63. The van der Waals surface area contributed by atoms with Crippen LogP contribution >= 0.6 is 0 Å². The fourth-order valence-electron chi connectivity index (χ4n) is 7.69. The van der Waals surface area contributed by atoms with Gasteiger partial charge in [0.05, 0.1) is 28.2 Å². The summed E-state index contributed by atoms with van der Waals surface area (Å²) >= 11 is 0. The molecule has 4 aromatic carbocycles. The van der Waals surface area contributed by atoms with Crippen LogP contribution in [0.15, 0.2) is 140 Å². The minimum Gasteiger partial charge on any atom is -0.201 e. The highest BCUT2D eigenvalue weighted by atomic mass is 15.1. The zero-order valence-corrected chi connectivity index (χ0v) is 26.1. The highest BCUT2D eigenvalue weighted by Gasteiger charge is 2.54. The molecule has 1 atom stereocenters. The normalized spacial score (nSPS) is 14.7. The molecule has 3 nitrogen and oxygen atoms in total. The first kappa shape index (κ1) is 28.4. The van der Waals surface area contributed by atoms with E-state index in [2.05, 4.69) is 158 Å². The molecule has 0 radical (unpaired) electrons. The molecule has 3 heteroatoms. The van der Waals surface area contributed by atoms with Gasteiger partial charge in [-0.15, -0.1) is 0 Å². The second-order valence-corrected chi connectivity index (χ2v) is 12.0. The molecule has 0 N–H and O–H groups in total. The van der Waals surface area contributed by atoms with Crippen molar-refractivity contribution >= 4 is 0 Å². The van der Waals surface area contributed by atoms with E-state index in [1.54, 1.807) is 0 Å². The Labute approximate surface area is 266 Å². The van der Waals surface area contributed by atoms with Crippen molar-refractivity contribution in [3.8, 4) is 51.0 Å². The molecule has 1 aliphatic rings. The van der Waals surface area contributed by atoms with Crippen LogP contribution in [0.1, 0.15) is 49.3 Å². The van der Waals surface area contributed by atoms with Crippen molar-refractivity contribution < 1.29 is 9.13 Å².